The van der Waals surface area contributed by atoms with E-state index in [0.717, 1.165) is 0 Å². The Labute approximate surface area is 104 Å². The molecular weight excluding hydrogens is 232 g/mol. The van der Waals surface area contributed by atoms with Crippen LogP contribution in [0.15, 0.2) is 12.1 Å². The molecule has 0 N–H and O–H groups in total. The summed E-state index contributed by atoms with van der Waals surface area (Å²) in [5, 5.41) is 2.88. The van der Waals surface area contributed by atoms with E-state index in [0.29, 0.717) is 0 Å². The summed E-state index contributed by atoms with van der Waals surface area (Å²) in [6, 6.07) is 4.57. The first-order chi connectivity index (χ1) is 7.59. The highest BCUT2D eigenvalue weighted by molar-refractivity contribution is 7.27. The van der Waals surface area contributed by atoms with Crippen molar-refractivity contribution < 1.29 is 0 Å². The molecule has 0 saturated heterocycles. The summed E-state index contributed by atoms with van der Waals surface area (Å²) in [5.41, 5.74) is 2.90. The lowest BCUT2D eigenvalue weighted by Gasteiger charge is -1.95. The van der Waals surface area contributed by atoms with Gasteiger partial charge in [-0.05, 0) is 49.6 Å². The molecule has 0 aliphatic rings. The third-order valence-corrected chi connectivity index (χ3v) is 6.10. The molecule has 2 aromatic heterocycles. The number of thiophene rings is 2. The van der Waals surface area contributed by atoms with Gasteiger partial charge in [-0.2, -0.15) is 0 Å². The zero-order chi connectivity index (χ0) is 11.4. The fourth-order valence-corrected chi connectivity index (χ4v) is 4.65. The van der Waals surface area contributed by atoms with Gasteiger partial charge in [0.25, 0.3) is 0 Å². The van der Waals surface area contributed by atoms with Gasteiger partial charge in [0.15, 0.2) is 0 Å². The molecule has 0 aliphatic heterocycles. The SMILES string of the molecule is Cc1sc2c(ccc3c(C)c(C)sc32)c1C. The van der Waals surface area contributed by atoms with Crippen LogP contribution in [0.1, 0.15) is 20.9 Å². The molecule has 82 valence electrons. The summed E-state index contributed by atoms with van der Waals surface area (Å²) in [6.07, 6.45) is 0. The summed E-state index contributed by atoms with van der Waals surface area (Å²) in [6.45, 7) is 8.90. The van der Waals surface area contributed by atoms with E-state index in [9.17, 15) is 0 Å². The molecule has 0 aliphatic carbocycles. The Bertz CT molecular complexity index is 637. The molecular formula is C14H14S2. The van der Waals surface area contributed by atoms with E-state index in [-0.39, 0.29) is 0 Å². The summed E-state index contributed by atoms with van der Waals surface area (Å²) < 4.78 is 2.96. The number of rotatable bonds is 0. The molecule has 16 heavy (non-hydrogen) atoms. The van der Waals surface area contributed by atoms with E-state index in [1.165, 1.54) is 41.1 Å². The highest BCUT2D eigenvalue weighted by Gasteiger charge is 2.12. The van der Waals surface area contributed by atoms with Crippen molar-refractivity contribution in [1.29, 1.82) is 0 Å². The quantitative estimate of drug-likeness (QED) is 0.501. The predicted molar refractivity (Wildman–Crippen MR) is 76.2 cm³/mol. The fraction of sp³-hybridized carbons (Fsp3) is 0.286. The van der Waals surface area contributed by atoms with Crippen molar-refractivity contribution in [2.24, 2.45) is 0 Å². The van der Waals surface area contributed by atoms with Crippen molar-refractivity contribution in [3.63, 3.8) is 0 Å². The summed E-state index contributed by atoms with van der Waals surface area (Å²) >= 11 is 3.88. The largest absolute Gasteiger partial charge is 0.139 e. The Kier molecular flexibility index (Phi) is 2.13. The maximum atomic E-state index is 2.29. The minimum Gasteiger partial charge on any atom is -0.139 e. The minimum atomic E-state index is 1.44. The molecule has 1 aromatic carbocycles. The van der Waals surface area contributed by atoms with E-state index in [4.69, 9.17) is 0 Å². The molecule has 0 amide bonds. The third kappa shape index (κ3) is 1.20. The summed E-state index contributed by atoms with van der Waals surface area (Å²) in [4.78, 5) is 2.90. The van der Waals surface area contributed by atoms with Crippen LogP contribution in [-0.2, 0) is 0 Å². The number of hydrogen-bond donors (Lipinski definition) is 0. The van der Waals surface area contributed by atoms with Crippen LogP contribution in [0.3, 0.4) is 0 Å². The van der Waals surface area contributed by atoms with Gasteiger partial charge < -0.3 is 0 Å². The normalized spacial score (nSPS) is 11.8. The Morgan fingerprint density at radius 3 is 1.44 bits per heavy atom. The van der Waals surface area contributed by atoms with Crippen molar-refractivity contribution in [3.05, 3.63) is 33.0 Å². The smallest absolute Gasteiger partial charge is 0.0526 e. The lowest BCUT2D eigenvalue weighted by Crippen LogP contribution is -1.72. The van der Waals surface area contributed by atoms with Crippen LogP contribution in [0.25, 0.3) is 20.2 Å². The van der Waals surface area contributed by atoms with Gasteiger partial charge in [0, 0.05) is 9.75 Å². The highest BCUT2D eigenvalue weighted by atomic mass is 32.1. The molecule has 0 radical (unpaired) electrons. The first-order valence-corrected chi connectivity index (χ1v) is 7.11. The van der Waals surface area contributed by atoms with Crippen molar-refractivity contribution in [2.75, 3.05) is 0 Å². The molecule has 0 saturated carbocycles. The predicted octanol–water partition coefficient (Wildman–Crippen LogP) is 5.35. The van der Waals surface area contributed by atoms with Crippen LogP contribution < -0.4 is 0 Å². The Morgan fingerprint density at radius 2 is 1.06 bits per heavy atom. The van der Waals surface area contributed by atoms with Gasteiger partial charge in [-0.15, -0.1) is 22.7 Å². The topological polar surface area (TPSA) is 0 Å². The lowest BCUT2D eigenvalue weighted by atomic mass is 10.1. The first-order valence-electron chi connectivity index (χ1n) is 5.48. The van der Waals surface area contributed by atoms with Crippen LogP contribution in [0.4, 0.5) is 0 Å². The third-order valence-electron chi connectivity index (χ3n) is 3.49. The molecule has 0 unspecified atom stereocenters. The van der Waals surface area contributed by atoms with Gasteiger partial charge in [0.2, 0.25) is 0 Å². The monoisotopic (exact) mass is 246 g/mol. The second-order valence-electron chi connectivity index (χ2n) is 4.39. The molecule has 0 nitrogen and oxygen atoms in total. The van der Waals surface area contributed by atoms with Crippen LogP contribution in [0, 0.1) is 27.7 Å². The van der Waals surface area contributed by atoms with E-state index >= 15 is 0 Å². The maximum absolute atomic E-state index is 2.29. The average Bonchev–Trinajstić information content (AvgIpc) is 2.70. The Balaban J connectivity index is 2.59. The molecule has 0 fully saturated rings. The molecule has 2 heterocycles. The molecule has 3 rings (SSSR count). The zero-order valence-corrected chi connectivity index (χ0v) is 11.6. The standard InChI is InChI=1S/C14H14S2/c1-7-9(3)15-13-11(7)5-6-12-8(2)10(4)16-14(12)13/h5-6H,1-4H3. The van der Waals surface area contributed by atoms with Crippen molar-refractivity contribution in [3.8, 4) is 0 Å². The number of fused-ring (bicyclic) bond motifs is 3. The van der Waals surface area contributed by atoms with E-state index < -0.39 is 0 Å². The van der Waals surface area contributed by atoms with Gasteiger partial charge in [-0.1, -0.05) is 12.1 Å². The van der Waals surface area contributed by atoms with Crippen LogP contribution in [0.5, 0.6) is 0 Å². The highest BCUT2D eigenvalue weighted by Crippen LogP contribution is 2.41. The van der Waals surface area contributed by atoms with Gasteiger partial charge in [0.1, 0.15) is 0 Å². The second-order valence-corrected chi connectivity index (χ2v) is 6.83. The zero-order valence-electron chi connectivity index (χ0n) is 9.97. The van der Waals surface area contributed by atoms with E-state index in [1.54, 1.807) is 0 Å². The second kappa shape index (κ2) is 3.31. The van der Waals surface area contributed by atoms with Crippen LogP contribution in [-0.4, -0.2) is 0 Å². The van der Waals surface area contributed by atoms with Crippen LogP contribution >= 0.6 is 22.7 Å². The van der Waals surface area contributed by atoms with Gasteiger partial charge >= 0.3 is 0 Å². The van der Waals surface area contributed by atoms with Crippen molar-refractivity contribution >= 4 is 42.8 Å². The van der Waals surface area contributed by atoms with Gasteiger partial charge in [0.05, 0.1) is 9.40 Å². The Morgan fingerprint density at radius 1 is 0.688 bits per heavy atom. The molecule has 3 aromatic rings. The molecule has 0 spiro atoms. The fourth-order valence-electron chi connectivity index (χ4n) is 2.19. The number of aryl methyl sites for hydroxylation is 4. The Hall–Kier alpha value is -0.860. The number of hydrogen-bond acceptors (Lipinski definition) is 2. The van der Waals surface area contributed by atoms with E-state index in [1.807, 2.05) is 22.7 Å². The van der Waals surface area contributed by atoms with E-state index in [2.05, 4.69) is 39.8 Å². The maximum Gasteiger partial charge on any atom is 0.0526 e. The van der Waals surface area contributed by atoms with Crippen LogP contribution in [0.2, 0.25) is 0 Å². The molecule has 2 heteroatoms. The number of benzene rings is 1. The molecule has 0 atom stereocenters. The minimum absolute atomic E-state index is 1.44. The first kappa shape index (κ1) is 10.3. The lowest BCUT2D eigenvalue weighted by molar-refractivity contribution is 1.47. The summed E-state index contributed by atoms with van der Waals surface area (Å²) in [7, 11) is 0. The summed E-state index contributed by atoms with van der Waals surface area (Å²) in [5.74, 6) is 0. The van der Waals surface area contributed by atoms with Crippen molar-refractivity contribution in [1.82, 2.24) is 0 Å². The van der Waals surface area contributed by atoms with Gasteiger partial charge in [-0.25, -0.2) is 0 Å². The van der Waals surface area contributed by atoms with Crippen molar-refractivity contribution in [2.45, 2.75) is 27.7 Å². The average molecular weight is 246 g/mol. The van der Waals surface area contributed by atoms with Gasteiger partial charge in [-0.3, -0.25) is 0 Å². The molecule has 0 bridgehead atoms.